The van der Waals surface area contributed by atoms with Crippen LogP contribution in [0.3, 0.4) is 0 Å². The van der Waals surface area contributed by atoms with E-state index in [0.29, 0.717) is 5.25 Å². The summed E-state index contributed by atoms with van der Waals surface area (Å²) >= 11 is 3.77. The van der Waals surface area contributed by atoms with E-state index in [0.717, 1.165) is 26.1 Å². The maximum Gasteiger partial charge on any atom is 0.0591 e. The summed E-state index contributed by atoms with van der Waals surface area (Å²) in [6.07, 6.45) is 2.20. The molecule has 0 bridgehead atoms. The van der Waals surface area contributed by atoms with Gasteiger partial charge in [-0.1, -0.05) is 24.3 Å². The minimum Gasteiger partial charge on any atom is -0.380 e. The van der Waals surface area contributed by atoms with Crippen molar-refractivity contribution in [3.63, 3.8) is 0 Å². The van der Waals surface area contributed by atoms with Gasteiger partial charge in [-0.15, -0.1) is 23.1 Å². The summed E-state index contributed by atoms with van der Waals surface area (Å²) in [5.74, 6) is 0. The molecule has 94 valence electrons. The van der Waals surface area contributed by atoms with E-state index in [4.69, 9.17) is 4.74 Å². The number of fused-ring (bicyclic) bond motifs is 1. The predicted molar refractivity (Wildman–Crippen MR) is 78.6 cm³/mol. The molecule has 0 fully saturated rings. The van der Waals surface area contributed by atoms with Crippen molar-refractivity contribution < 1.29 is 4.74 Å². The van der Waals surface area contributed by atoms with Gasteiger partial charge < -0.3 is 4.74 Å². The first-order valence-electron chi connectivity index (χ1n) is 6.26. The Labute approximate surface area is 116 Å². The zero-order valence-corrected chi connectivity index (χ0v) is 11.8. The van der Waals surface area contributed by atoms with Crippen molar-refractivity contribution in [2.24, 2.45) is 0 Å². The first-order valence-corrected chi connectivity index (χ1v) is 8.02. The Bertz CT molecular complexity index is 468. The number of thiophene rings is 1. The average Bonchev–Trinajstić information content (AvgIpc) is 3.03. The fourth-order valence-corrected chi connectivity index (χ4v) is 4.13. The summed E-state index contributed by atoms with van der Waals surface area (Å²) in [5.41, 5.74) is 1.48. The molecule has 0 amide bonds. The molecule has 2 heterocycles. The molecule has 2 aromatic rings. The smallest absolute Gasteiger partial charge is 0.0591 e. The molecule has 0 saturated carbocycles. The fraction of sp³-hybridized carbons (Fsp3) is 0.333. The molecule has 18 heavy (non-hydrogen) atoms. The van der Waals surface area contributed by atoms with Gasteiger partial charge in [0.1, 0.15) is 0 Å². The third-order valence-corrected chi connectivity index (χ3v) is 5.31. The molecule has 1 aromatic heterocycles. The van der Waals surface area contributed by atoms with E-state index >= 15 is 0 Å². The summed E-state index contributed by atoms with van der Waals surface area (Å²) < 4.78 is 5.81. The number of hydrogen-bond acceptors (Lipinski definition) is 3. The second kappa shape index (κ2) is 5.91. The zero-order valence-electron chi connectivity index (χ0n) is 10.2. The van der Waals surface area contributed by atoms with Crippen molar-refractivity contribution >= 4 is 23.1 Å². The quantitative estimate of drug-likeness (QED) is 0.763. The van der Waals surface area contributed by atoms with Gasteiger partial charge in [-0.2, -0.15) is 0 Å². The van der Waals surface area contributed by atoms with Gasteiger partial charge >= 0.3 is 0 Å². The topological polar surface area (TPSA) is 9.23 Å². The van der Waals surface area contributed by atoms with Gasteiger partial charge in [0.25, 0.3) is 0 Å². The fourth-order valence-electron chi connectivity index (χ4n) is 2.19. The number of rotatable bonds is 5. The van der Waals surface area contributed by atoms with Gasteiger partial charge in [0.2, 0.25) is 0 Å². The van der Waals surface area contributed by atoms with E-state index in [1.165, 1.54) is 15.3 Å². The highest BCUT2D eigenvalue weighted by Gasteiger charge is 2.21. The number of thioether (sulfide) groups is 1. The molecular formula is C15H16OS2. The molecular weight excluding hydrogens is 260 g/mol. The third kappa shape index (κ3) is 2.97. The molecule has 0 N–H and O–H groups in total. The van der Waals surface area contributed by atoms with Crippen LogP contribution in [-0.2, 0) is 17.6 Å². The number of ether oxygens (including phenoxy) is 1. The van der Waals surface area contributed by atoms with E-state index in [1.807, 2.05) is 23.1 Å². The summed E-state index contributed by atoms with van der Waals surface area (Å²) in [5, 5.41) is 2.73. The molecule has 1 aliphatic heterocycles. The monoisotopic (exact) mass is 276 g/mol. The van der Waals surface area contributed by atoms with Crippen LogP contribution in [0.4, 0.5) is 0 Å². The molecule has 0 spiro atoms. The van der Waals surface area contributed by atoms with Gasteiger partial charge in [0, 0.05) is 21.4 Å². The van der Waals surface area contributed by atoms with Crippen molar-refractivity contribution in [2.75, 3.05) is 13.2 Å². The van der Waals surface area contributed by atoms with Crippen LogP contribution >= 0.6 is 23.1 Å². The average molecular weight is 276 g/mol. The Kier molecular flexibility index (Phi) is 4.03. The van der Waals surface area contributed by atoms with Crippen LogP contribution in [-0.4, -0.2) is 18.5 Å². The molecule has 1 unspecified atom stereocenters. The highest BCUT2D eigenvalue weighted by atomic mass is 32.2. The highest BCUT2D eigenvalue weighted by Crippen LogP contribution is 2.36. The molecule has 3 rings (SSSR count). The second-order valence-electron chi connectivity index (χ2n) is 4.46. The van der Waals surface area contributed by atoms with E-state index < -0.39 is 0 Å². The standard InChI is InChI=1S/C15H16OS2/c1-2-6-15-12(4-1)10-14(18-15)11-16-8-7-13-5-3-9-17-13/h1-6,9,14H,7-8,10-11H2. The lowest BCUT2D eigenvalue weighted by molar-refractivity contribution is 0.139. The Morgan fingerprint density at radius 3 is 2.94 bits per heavy atom. The Hall–Kier alpha value is -0.770. The van der Waals surface area contributed by atoms with Crippen LogP contribution in [0.1, 0.15) is 10.4 Å². The van der Waals surface area contributed by atoms with Gasteiger partial charge in [-0.25, -0.2) is 0 Å². The van der Waals surface area contributed by atoms with Crippen molar-refractivity contribution in [1.29, 1.82) is 0 Å². The molecule has 1 aliphatic rings. The maximum absolute atomic E-state index is 5.81. The summed E-state index contributed by atoms with van der Waals surface area (Å²) in [6.45, 7) is 1.71. The number of benzene rings is 1. The van der Waals surface area contributed by atoms with Crippen LogP contribution < -0.4 is 0 Å². The second-order valence-corrected chi connectivity index (χ2v) is 6.83. The van der Waals surface area contributed by atoms with E-state index in [1.54, 1.807) is 0 Å². The van der Waals surface area contributed by atoms with E-state index in [9.17, 15) is 0 Å². The van der Waals surface area contributed by atoms with Gasteiger partial charge in [0.15, 0.2) is 0 Å². The summed E-state index contributed by atoms with van der Waals surface area (Å²) in [4.78, 5) is 2.85. The third-order valence-electron chi connectivity index (χ3n) is 3.09. The molecule has 3 heteroatoms. The lowest BCUT2D eigenvalue weighted by Gasteiger charge is -2.08. The maximum atomic E-state index is 5.81. The Balaban J connectivity index is 1.41. The molecule has 1 nitrogen and oxygen atoms in total. The van der Waals surface area contributed by atoms with E-state index in [-0.39, 0.29) is 0 Å². The van der Waals surface area contributed by atoms with Gasteiger partial charge in [0.05, 0.1) is 13.2 Å². The van der Waals surface area contributed by atoms with Crippen LogP contribution in [0.2, 0.25) is 0 Å². The molecule has 1 aromatic carbocycles. The summed E-state index contributed by atoms with van der Waals surface area (Å²) in [7, 11) is 0. The van der Waals surface area contributed by atoms with Crippen LogP contribution in [0.15, 0.2) is 46.7 Å². The van der Waals surface area contributed by atoms with Gasteiger partial charge in [-0.05, 0) is 29.5 Å². The Morgan fingerprint density at radius 1 is 1.17 bits per heavy atom. The lowest BCUT2D eigenvalue weighted by Crippen LogP contribution is -2.12. The SMILES string of the molecule is c1csc(CCOCC2Cc3ccccc3S2)c1. The minimum atomic E-state index is 0.603. The van der Waals surface area contributed by atoms with Crippen molar-refractivity contribution in [3.8, 4) is 0 Å². The highest BCUT2D eigenvalue weighted by molar-refractivity contribution is 8.00. The first kappa shape index (κ1) is 12.3. The predicted octanol–water partition coefficient (Wildman–Crippen LogP) is 4.02. The largest absolute Gasteiger partial charge is 0.380 e. The van der Waals surface area contributed by atoms with E-state index in [2.05, 4.69) is 41.8 Å². The van der Waals surface area contributed by atoms with Crippen molar-refractivity contribution in [1.82, 2.24) is 0 Å². The van der Waals surface area contributed by atoms with Crippen molar-refractivity contribution in [3.05, 3.63) is 52.2 Å². The Morgan fingerprint density at radius 2 is 2.11 bits per heavy atom. The molecule has 0 aliphatic carbocycles. The first-order chi connectivity index (χ1) is 8.92. The molecule has 1 atom stereocenters. The van der Waals surface area contributed by atoms with Crippen LogP contribution in [0.25, 0.3) is 0 Å². The molecule has 0 radical (unpaired) electrons. The lowest BCUT2D eigenvalue weighted by atomic mass is 10.1. The van der Waals surface area contributed by atoms with Crippen LogP contribution in [0.5, 0.6) is 0 Å². The minimum absolute atomic E-state index is 0.603. The zero-order chi connectivity index (χ0) is 12.2. The van der Waals surface area contributed by atoms with Gasteiger partial charge in [-0.3, -0.25) is 0 Å². The van der Waals surface area contributed by atoms with Crippen LogP contribution in [0, 0.1) is 0 Å². The molecule has 0 saturated heterocycles. The normalized spacial score (nSPS) is 17.9. The summed E-state index contributed by atoms with van der Waals surface area (Å²) in [6, 6.07) is 13.0. The van der Waals surface area contributed by atoms with Crippen molar-refractivity contribution in [2.45, 2.75) is 23.0 Å². The number of hydrogen-bond donors (Lipinski definition) is 0.